The lowest BCUT2D eigenvalue weighted by Crippen LogP contribution is -2.16. The van der Waals surface area contributed by atoms with Gasteiger partial charge in [0.15, 0.2) is 0 Å². The molecule has 5 heteroatoms. The van der Waals surface area contributed by atoms with Crippen LogP contribution >= 0.6 is 0 Å². The SMILES string of the molecule is CCCc1ccc(C(=O)Nc2cc3[nH]c(C4CCCCC4)nc3cc2N(C)C)cc1. The van der Waals surface area contributed by atoms with Crippen LogP contribution in [0.3, 0.4) is 0 Å². The van der Waals surface area contributed by atoms with E-state index in [0.717, 1.165) is 41.1 Å². The smallest absolute Gasteiger partial charge is 0.255 e. The van der Waals surface area contributed by atoms with Gasteiger partial charge in [-0.15, -0.1) is 0 Å². The fraction of sp³-hybridized carbons (Fsp3) is 0.440. The predicted molar refractivity (Wildman–Crippen MR) is 125 cm³/mol. The van der Waals surface area contributed by atoms with Crippen LogP contribution in [0.4, 0.5) is 11.4 Å². The van der Waals surface area contributed by atoms with Crippen LogP contribution in [0.5, 0.6) is 0 Å². The highest BCUT2D eigenvalue weighted by molar-refractivity contribution is 6.07. The number of hydrogen-bond donors (Lipinski definition) is 2. The molecule has 2 N–H and O–H groups in total. The third-order valence-corrected chi connectivity index (χ3v) is 6.09. The standard InChI is InChI=1S/C25H32N4O/c1-4-8-17-11-13-19(14-12-17)25(30)28-22-15-20-21(16-23(22)29(2)3)27-24(26-20)18-9-6-5-7-10-18/h11-16,18H,4-10H2,1-3H3,(H,26,27)(H,28,30). The summed E-state index contributed by atoms with van der Waals surface area (Å²) in [6.45, 7) is 2.16. The van der Waals surface area contributed by atoms with E-state index in [2.05, 4.69) is 23.3 Å². The number of carbonyl (C=O) groups is 1. The van der Waals surface area contributed by atoms with Crippen LogP contribution in [0.15, 0.2) is 36.4 Å². The zero-order valence-corrected chi connectivity index (χ0v) is 18.3. The van der Waals surface area contributed by atoms with Crippen molar-refractivity contribution >= 4 is 28.3 Å². The van der Waals surface area contributed by atoms with Crippen molar-refractivity contribution in [2.24, 2.45) is 0 Å². The lowest BCUT2D eigenvalue weighted by atomic mass is 9.89. The summed E-state index contributed by atoms with van der Waals surface area (Å²) in [4.78, 5) is 23.3. The summed E-state index contributed by atoms with van der Waals surface area (Å²) in [7, 11) is 3.98. The van der Waals surface area contributed by atoms with Crippen LogP contribution < -0.4 is 10.2 Å². The van der Waals surface area contributed by atoms with Crippen LogP contribution in [0.2, 0.25) is 0 Å². The number of fused-ring (bicyclic) bond motifs is 1. The third kappa shape index (κ3) is 4.35. The number of hydrogen-bond acceptors (Lipinski definition) is 3. The molecule has 0 aliphatic heterocycles. The first-order chi connectivity index (χ1) is 14.5. The Morgan fingerprint density at radius 3 is 2.53 bits per heavy atom. The first kappa shape index (κ1) is 20.5. The maximum atomic E-state index is 12.9. The number of carbonyl (C=O) groups excluding carboxylic acids is 1. The van der Waals surface area contributed by atoms with Crippen molar-refractivity contribution in [1.29, 1.82) is 0 Å². The van der Waals surface area contributed by atoms with E-state index in [1.54, 1.807) is 0 Å². The van der Waals surface area contributed by atoms with E-state index in [1.165, 1.54) is 37.7 Å². The van der Waals surface area contributed by atoms with Crippen molar-refractivity contribution in [3.63, 3.8) is 0 Å². The highest BCUT2D eigenvalue weighted by atomic mass is 16.1. The topological polar surface area (TPSA) is 61.0 Å². The molecule has 1 heterocycles. The number of aryl methyl sites for hydroxylation is 1. The molecule has 4 rings (SSSR count). The fourth-order valence-electron chi connectivity index (χ4n) is 4.41. The number of nitrogens with zero attached hydrogens (tertiary/aromatic N) is 2. The van der Waals surface area contributed by atoms with E-state index in [9.17, 15) is 4.79 Å². The van der Waals surface area contributed by atoms with Crippen LogP contribution in [-0.2, 0) is 6.42 Å². The number of imidazole rings is 1. The second-order valence-electron chi connectivity index (χ2n) is 8.64. The molecular weight excluding hydrogens is 372 g/mol. The van der Waals surface area contributed by atoms with Crippen molar-refractivity contribution in [2.75, 3.05) is 24.3 Å². The maximum Gasteiger partial charge on any atom is 0.255 e. The Labute approximate surface area is 178 Å². The Balaban J connectivity index is 1.61. The van der Waals surface area contributed by atoms with Crippen LogP contribution in [0, 0.1) is 0 Å². The molecular formula is C25H32N4O. The quantitative estimate of drug-likeness (QED) is 0.539. The number of benzene rings is 2. The minimum absolute atomic E-state index is 0.0903. The second kappa shape index (κ2) is 8.90. The molecule has 0 radical (unpaired) electrons. The number of H-pyrrole nitrogens is 1. The minimum atomic E-state index is -0.0903. The average Bonchev–Trinajstić information content (AvgIpc) is 3.17. The molecule has 5 nitrogen and oxygen atoms in total. The number of aromatic nitrogens is 2. The lowest BCUT2D eigenvalue weighted by Gasteiger charge is -2.18. The number of anilines is 2. The average molecular weight is 405 g/mol. The summed E-state index contributed by atoms with van der Waals surface area (Å²) in [6.07, 6.45) is 8.44. The lowest BCUT2D eigenvalue weighted by molar-refractivity contribution is 0.102. The summed E-state index contributed by atoms with van der Waals surface area (Å²) in [6, 6.07) is 12.0. The van der Waals surface area contributed by atoms with E-state index >= 15 is 0 Å². The summed E-state index contributed by atoms with van der Waals surface area (Å²) in [5.41, 5.74) is 5.63. The molecule has 30 heavy (non-hydrogen) atoms. The van der Waals surface area contributed by atoms with Crippen molar-refractivity contribution in [2.45, 2.75) is 57.8 Å². The Morgan fingerprint density at radius 1 is 1.13 bits per heavy atom. The van der Waals surface area contributed by atoms with Gasteiger partial charge in [-0.3, -0.25) is 4.79 Å². The highest BCUT2D eigenvalue weighted by Crippen LogP contribution is 2.35. The van der Waals surface area contributed by atoms with Gasteiger partial charge in [-0.05, 0) is 49.1 Å². The summed E-state index contributed by atoms with van der Waals surface area (Å²) < 4.78 is 0. The largest absolute Gasteiger partial charge is 0.376 e. The van der Waals surface area contributed by atoms with Gasteiger partial charge in [0.05, 0.1) is 22.4 Å². The monoisotopic (exact) mass is 404 g/mol. The van der Waals surface area contributed by atoms with Crippen LogP contribution in [0.25, 0.3) is 11.0 Å². The molecule has 158 valence electrons. The zero-order valence-electron chi connectivity index (χ0n) is 18.3. The second-order valence-corrected chi connectivity index (χ2v) is 8.64. The molecule has 1 fully saturated rings. The molecule has 0 spiro atoms. The van der Waals surface area contributed by atoms with Gasteiger partial charge >= 0.3 is 0 Å². The minimum Gasteiger partial charge on any atom is -0.376 e. The molecule has 1 aliphatic carbocycles. The van der Waals surface area contributed by atoms with Crippen molar-refractivity contribution in [3.8, 4) is 0 Å². The molecule has 0 bridgehead atoms. The molecule has 0 unspecified atom stereocenters. The zero-order chi connectivity index (χ0) is 21.1. The van der Waals surface area contributed by atoms with Gasteiger partial charge in [-0.2, -0.15) is 0 Å². The predicted octanol–water partition coefficient (Wildman–Crippen LogP) is 5.88. The molecule has 0 saturated heterocycles. The van der Waals surface area contributed by atoms with E-state index in [1.807, 2.05) is 49.3 Å². The maximum absolute atomic E-state index is 12.9. The van der Waals surface area contributed by atoms with E-state index in [4.69, 9.17) is 4.98 Å². The van der Waals surface area contributed by atoms with Crippen molar-refractivity contribution in [1.82, 2.24) is 9.97 Å². The van der Waals surface area contributed by atoms with Gasteiger partial charge in [0.25, 0.3) is 5.91 Å². The van der Waals surface area contributed by atoms with E-state index in [-0.39, 0.29) is 5.91 Å². The summed E-state index contributed by atoms with van der Waals surface area (Å²) in [5, 5.41) is 3.11. The molecule has 1 amide bonds. The molecule has 2 aromatic carbocycles. The third-order valence-electron chi connectivity index (χ3n) is 6.09. The number of aromatic amines is 1. The van der Waals surface area contributed by atoms with Gasteiger partial charge < -0.3 is 15.2 Å². The van der Waals surface area contributed by atoms with E-state index < -0.39 is 0 Å². The summed E-state index contributed by atoms with van der Waals surface area (Å²) in [5.74, 6) is 1.52. The molecule has 3 aromatic rings. The van der Waals surface area contributed by atoms with E-state index in [0.29, 0.717) is 11.5 Å². The van der Waals surface area contributed by atoms with Gasteiger partial charge in [-0.25, -0.2) is 4.98 Å². The number of nitrogens with one attached hydrogen (secondary N) is 2. The van der Waals surface area contributed by atoms with Gasteiger partial charge in [0.2, 0.25) is 0 Å². The Hall–Kier alpha value is -2.82. The highest BCUT2D eigenvalue weighted by Gasteiger charge is 2.20. The molecule has 1 saturated carbocycles. The fourth-order valence-corrected chi connectivity index (χ4v) is 4.41. The Morgan fingerprint density at radius 2 is 1.87 bits per heavy atom. The molecule has 1 aromatic heterocycles. The first-order valence-electron chi connectivity index (χ1n) is 11.2. The summed E-state index contributed by atoms with van der Waals surface area (Å²) >= 11 is 0. The number of amides is 1. The van der Waals surface area contributed by atoms with Crippen LogP contribution in [-0.4, -0.2) is 30.0 Å². The Bertz CT molecular complexity index is 1010. The van der Waals surface area contributed by atoms with Crippen molar-refractivity contribution in [3.05, 3.63) is 53.3 Å². The van der Waals surface area contributed by atoms with Gasteiger partial charge in [0.1, 0.15) is 5.82 Å². The molecule has 1 aliphatic rings. The molecule has 0 atom stereocenters. The number of rotatable bonds is 6. The van der Waals surface area contributed by atoms with Crippen LogP contribution in [0.1, 0.15) is 73.1 Å². The van der Waals surface area contributed by atoms with Gasteiger partial charge in [0, 0.05) is 25.6 Å². The van der Waals surface area contributed by atoms with Crippen molar-refractivity contribution < 1.29 is 4.79 Å². The Kier molecular flexibility index (Phi) is 6.07. The normalized spacial score (nSPS) is 14.8. The first-order valence-corrected chi connectivity index (χ1v) is 11.2. The van der Waals surface area contributed by atoms with Gasteiger partial charge in [-0.1, -0.05) is 44.7 Å².